The number of hydrogen-bond donors (Lipinski definition) is 2. The van der Waals surface area contributed by atoms with E-state index < -0.39 is 11.7 Å². The van der Waals surface area contributed by atoms with Crippen LogP contribution in [0.25, 0.3) is 0 Å². The van der Waals surface area contributed by atoms with Crippen molar-refractivity contribution in [2.45, 2.75) is 44.4 Å². The summed E-state index contributed by atoms with van der Waals surface area (Å²) in [6.45, 7) is 5.65. The number of aromatic nitrogens is 2. The van der Waals surface area contributed by atoms with E-state index in [-0.39, 0.29) is 6.04 Å². The number of piperidine rings is 1. The Bertz CT molecular complexity index is 875. The second-order valence-corrected chi connectivity index (χ2v) is 8.00. The minimum absolute atomic E-state index is 0.183. The zero-order valence-electron chi connectivity index (χ0n) is 16.1. The highest BCUT2D eigenvalue weighted by atomic mass is 35.5. The maximum Gasteiger partial charge on any atom is 0.162 e. The maximum atomic E-state index is 11.5. The average Bonchev–Trinajstić information content (AvgIpc) is 3.06. The average molecular weight is 401 g/mol. The molecule has 2 aliphatic rings. The van der Waals surface area contributed by atoms with Gasteiger partial charge in [0.15, 0.2) is 24.1 Å². The fourth-order valence-corrected chi connectivity index (χ4v) is 4.53. The summed E-state index contributed by atoms with van der Waals surface area (Å²) in [5, 5.41) is 3.88. The fraction of sp³-hybridized carbons (Fsp3) is 0.450. The van der Waals surface area contributed by atoms with Gasteiger partial charge in [-0.3, -0.25) is 4.79 Å². The van der Waals surface area contributed by atoms with Crippen LogP contribution in [0.1, 0.15) is 32.3 Å². The molecule has 4 rings (SSSR count). The summed E-state index contributed by atoms with van der Waals surface area (Å²) >= 11 is 6.03. The molecule has 0 bridgehead atoms. The highest BCUT2D eigenvalue weighted by Crippen LogP contribution is 2.43. The van der Waals surface area contributed by atoms with E-state index >= 15 is 0 Å². The first-order valence-corrected chi connectivity index (χ1v) is 9.99. The van der Waals surface area contributed by atoms with Crippen molar-refractivity contribution in [3.63, 3.8) is 0 Å². The minimum Gasteiger partial charge on any atom is -0.352 e. The number of likely N-dealkylation sites (N-methyl/N-ethyl adjacent to an activating group) is 1. The van der Waals surface area contributed by atoms with E-state index in [0.717, 1.165) is 42.7 Å². The number of nitrogens with two attached hydrogens (primary N) is 1. The van der Waals surface area contributed by atoms with Gasteiger partial charge in [0.05, 0.1) is 0 Å². The summed E-state index contributed by atoms with van der Waals surface area (Å²) < 4.78 is 0. The molecule has 0 spiro atoms. The molecular weight excluding hydrogens is 376 g/mol. The Kier molecular flexibility index (Phi) is 4.89. The quantitative estimate of drug-likeness (QED) is 0.763. The molecule has 3 unspecified atom stereocenters. The number of halogens is 1. The number of rotatable bonds is 4. The third-order valence-corrected chi connectivity index (χ3v) is 6.11. The van der Waals surface area contributed by atoms with E-state index in [1.165, 1.54) is 0 Å². The lowest BCUT2D eigenvalue weighted by molar-refractivity contribution is -0.108. The molecule has 0 radical (unpaired) electrons. The SMILES string of the molecule is CCN1c2c(ncnc2N2CCC(N)(c3ccc(Cl)cc3)CC2C)NC1C=O. The molecule has 2 aliphatic heterocycles. The first-order valence-electron chi connectivity index (χ1n) is 9.62. The number of aldehydes is 1. The van der Waals surface area contributed by atoms with Crippen LogP contribution in [0.2, 0.25) is 5.02 Å². The van der Waals surface area contributed by atoms with Gasteiger partial charge in [0, 0.05) is 29.7 Å². The first-order chi connectivity index (χ1) is 13.5. The third-order valence-electron chi connectivity index (χ3n) is 5.86. The van der Waals surface area contributed by atoms with Crippen LogP contribution < -0.4 is 20.9 Å². The molecule has 7 nitrogen and oxygen atoms in total. The summed E-state index contributed by atoms with van der Waals surface area (Å²) in [5.41, 5.74) is 8.40. The molecule has 1 saturated heterocycles. The summed E-state index contributed by atoms with van der Waals surface area (Å²) in [4.78, 5) is 24.7. The van der Waals surface area contributed by atoms with Crippen LogP contribution in [0, 0.1) is 0 Å². The van der Waals surface area contributed by atoms with Gasteiger partial charge in [-0.1, -0.05) is 23.7 Å². The summed E-state index contributed by atoms with van der Waals surface area (Å²) in [6, 6.07) is 8.01. The molecule has 3 heterocycles. The van der Waals surface area contributed by atoms with E-state index in [9.17, 15) is 4.79 Å². The number of nitrogens with zero attached hydrogens (tertiary/aromatic N) is 4. The lowest BCUT2D eigenvalue weighted by Crippen LogP contribution is -2.53. The molecule has 0 saturated carbocycles. The Hall–Kier alpha value is -2.38. The van der Waals surface area contributed by atoms with Gasteiger partial charge in [-0.25, -0.2) is 9.97 Å². The van der Waals surface area contributed by atoms with E-state index in [2.05, 4.69) is 27.1 Å². The summed E-state index contributed by atoms with van der Waals surface area (Å²) in [5.74, 6) is 1.56. The number of nitrogens with one attached hydrogen (secondary N) is 1. The molecule has 28 heavy (non-hydrogen) atoms. The number of benzene rings is 1. The number of carbonyl (C=O) groups is 1. The van der Waals surface area contributed by atoms with Crippen molar-refractivity contribution in [3.05, 3.63) is 41.2 Å². The molecule has 0 amide bonds. The Morgan fingerprint density at radius 2 is 2.11 bits per heavy atom. The lowest BCUT2D eigenvalue weighted by atomic mass is 9.79. The van der Waals surface area contributed by atoms with Crippen LogP contribution >= 0.6 is 11.6 Å². The van der Waals surface area contributed by atoms with Crippen LogP contribution in [-0.2, 0) is 10.3 Å². The van der Waals surface area contributed by atoms with Gasteiger partial charge in [-0.2, -0.15) is 0 Å². The number of fused-ring (bicyclic) bond motifs is 1. The largest absolute Gasteiger partial charge is 0.352 e. The lowest BCUT2D eigenvalue weighted by Gasteiger charge is -2.45. The maximum absolute atomic E-state index is 11.5. The molecule has 8 heteroatoms. The zero-order chi connectivity index (χ0) is 19.9. The predicted molar refractivity (Wildman–Crippen MR) is 112 cm³/mol. The number of anilines is 3. The van der Waals surface area contributed by atoms with E-state index in [1.54, 1.807) is 6.33 Å². The minimum atomic E-state index is -0.404. The van der Waals surface area contributed by atoms with Crippen LogP contribution in [0.3, 0.4) is 0 Å². The fourth-order valence-electron chi connectivity index (χ4n) is 4.41. The molecule has 148 valence electrons. The van der Waals surface area contributed by atoms with Gasteiger partial charge in [-0.15, -0.1) is 0 Å². The number of carbonyl (C=O) groups excluding carboxylic acids is 1. The van der Waals surface area contributed by atoms with E-state index in [1.807, 2.05) is 36.1 Å². The normalized spacial score (nSPS) is 26.7. The van der Waals surface area contributed by atoms with Crippen LogP contribution in [0.5, 0.6) is 0 Å². The van der Waals surface area contributed by atoms with Crippen molar-refractivity contribution in [3.8, 4) is 0 Å². The Labute approximate surface area is 169 Å². The molecule has 1 aromatic heterocycles. The molecule has 2 aromatic rings. The van der Waals surface area contributed by atoms with Gasteiger partial charge in [0.2, 0.25) is 0 Å². The van der Waals surface area contributed by atoms with Gasteiger partial charge >= 0.3 is 0 Å². The first kappa shape index (κ1) is 19.0. The van der Waals surface area contributed by atoms with Crippen LogP contribution in [0.15, 0.2) is 30.6 Å². The predicted octanol–water partition coefficient (Wildman–Crippen LogP) is 2.75. The van der Waals surface area contributed by atoms with Gasteiger partial charge in [0.1, 0.15) is 12.0 Å². The van der Waals surface area contributed by atoms with Crippen molar-refractivity contribution in [2.75, 3.05) is 28.2 Å². The van der Waals surface area contributed by atoms with Crippen molar-refractivity contribution >= 4 is 35.2 Å². The van der Waals surface area contributed by atoms with E-state index in [4.69, 9.17) is 17.3 Å². The van der Waals surface area contributed by atoms with E-state index in [0.29, 0.717) is 17.4 Å². The second kappa shape index (κ2) is 7.22. The van der Waals surface area contributed by atoms with Gasteiger partial charge in [-0.05, 0) is 44.4 Å². The number of hydrogen-bond acceptors (Lipinski definition) is 7. The molecular formula is C20H25ClN6O. The van der Waals surface area contributed by atoms with Crippen molar-refractivity contribution in [2.24, 2.45) is 5.73 Å². The van der Waals surface area contributed by atoms with Crippen LogP contribution in [-0.4, -0.2) is 41.6 Å². The van der Waals surface area contributed by atoms with Crippen molar-refractivity contribution in [1.29, 1.82) is 0 Å². The Morgan fingerprint density at radius 1 is 1.36 bits per heavy atom. The standard InChI is InChI=1S/C20H25ClN6O/c1-3-26-16(11-28)25-18-17(26)19(24-12-23-18)27-9-8-20(22,10-13(27)2)14-4-6-15(21)7-5-14/h4-7,11-13,16H,3,8-10,22H2,1-2H3,(H,23,24,25). The summed E-state index contributed by atoms with van der Waals surface area (Å²) in [6.07, 6.45) is 3.65. The monoisotopic (exact) mass is 400 g/mol. The highest BCUT2D eigenvalue weighted by Gasteiger charge is 2.40. The zero-order valence-corrected chi connectivity index (χ0v) is 16.9. The molecule has 1 aromatic carbocycles. The van der Waals surface area contributed by atoms with Gasteiger partial charge in [0.25, 0.3) is 0 Å². The van der Waals surface area contributed by atoms with Crippen molar-refractivity contribution in [1.82, 2.24) is 9.97 Å². The molecule has 0 aliphatic carbocycles. The molecule has 1 fully saturated rings. The molecule has 3 N–H and O–H groups in total. The molecule has 3 atom stereocenters. The van der Waals surface area contributed by atoms with Gasteiger partial charge < -0.3 is 20.9 Å². The summed E-state index contributed by atoms with van der Waals surface area (Å²) in [7, 11) is 0. The topological polar surface area (TPSA) is 87.4 Å². The Morgan fingerprint density at radius 3 is 2.75 bits per heavy atom. The second-order valence-electron chi connectivity index (χ2n) is 7.57. The highest BCUT2D eigenvalue weighted by molar-refractivity contribution is 6.30. The third kappa shape index (κ3) is 3.08. The smallest absolute Gasteiger partial charge is 0.162 e. The van der Waals surface area contributed by atoms with Crippen molar-refractivity contribution < 1.29 is 4.79 Å². The Balaban J connectivity index is 1.63. The van der Waals surface area contributed by atoms with Crippen LogP contribution in [0.4, 0.5) is 17.3 Å².